The van der Waals surface area contributed by atoms with Crippen LogP contribution in [-0.4, -0.2) is 34.3 Å². The molecule has 0 saturated heterocycles. The van der Waals surface area contributed by atoms with Crippen molar-refractivity contribution < 1.29 is 18.8 Å². The third-order valence-corrected chi connectivity index (χ3v) is 3.80. The number of carbonyl (C=O) groups is 1. The first-order valence-electron chi connectivity index (χ1n) is 5.95. The van der Waals surface area contributed by atoms with Gasteiger partial charge in [0.25, 0.3) is 0 Å². The van der Waals surface area contributed by atoms with Gasteiger partial charge in [-0.05, 0) is 18.6 Å². The summed E-state index contributed by atoms with van der Waals surface area (Å²) in [6.07, 6.45) is 2.04. The van der Waals surface area contributed by atoms with E-state index in [2.05, 4.69) is 6.92 Å². The summed E-state index contributed by atoms with van der Waals surface area (Å²) >= 11 is 0. The lowest BCUT2D eigenvalue weighted by molar-refractivity contribution is 0.0693. The topological polar surface area (TPSA) is 63.6 Å². The summed E-state index contributed by atoms with van der Waals surface area (Å²) in [5.74, 6) is -0.723. The SMILES string of the molecule is CCCCOCCS(=O)c1ccccc1C(=O)O. The summed E-state index contributed by atoms with van der Waals surface area (Å²) in [6, 6.07) is 6.37. The zero-order chi connectivity index (χ0) is 13.4. The predicted molar refractivity (Wildman–Crippen MR) is 70.4 cm³/mol. The molecule has 4 nitrogen and oxygen atoms in total. The van der Waals surface area contributed by atoms with Gasteiger partial charge in [0, 0.05) is 6.61 Å². The van der Waals surface area contributed by atoms with Crippen LogP contribution in [0.25, 0.3) is 0 Å². The smallest absolute Gasteiger partial charge is 0.336 e. The third kappa shape index (κ3) is 4.58. The van der Waals surface area contributed by atoms with Crippen LogP contribution in [0.4, 0.5) is 0 Å². The fourth-order valence-corrected chi connectivity index (χ4v) is 2.56. The van der Waals surface area contributed by atoms with E-state index in [4.69, 9.17) is 9.84 Å². The van der Waals surface area contributed by atoms with Gasteiger partial charge in [-0.15, -0.1) is 0 Å². The molecule has 1 rings (SSSR count). The number of ether oxygens (including phenoxy) is 1. The first-order chi connectivity index (χ1) is 8.66. The Bertz CT molecular complexity index is 417. The van der Waals surface area contributed by atoms with Gasteiger partial charge in [0.1, 0.15) is 0 Å². The Morgan fingerprint density at radius 3 is 2.72 bits per heavy atom. The molecule has 0 fully saturated rings. The largest absolute Gasteiger partial charge is 0.478 e. The van der Waals surface area contributed by atoms with E-state index in [0.29, 0.717) is 23.9 Å². The van der Waals surface area contributed by atoms with Gasteiger partial charge in [0.15, 0.2) is 0 Å². The molecule has 0 spiro atoms. The lowest BCUT2D eigenvalue weighted by Gasteiger charge is -2.06. The van der Waals surface area contributed by atoms with Crippen LogP contribution in [0, 0.1) is 0 Å². The van der Waals surface area contributed by atoms with E-state index in [9.17, 15) is 9.00 Å². The molecule has 100 valence electrons. The van der Waals surface area contributed by atoms with Crippen LogP contribution >= 0.6 is 0 Å². The van der Waals surface area contributed by atoms with E-state index in [1.54, 1.807) is 18.2 Å². The standard InChI is InChI=1S/C13H18O4S/c1-2-3-8-17-9-10-18(16)12-7-5-4-6-11(12)13(14)15/h4-7H,2-3,8-10H2,1H3,(H,14,15). The molecule has 1 N–H and O–H groups in total. The monoisotopic (exact) mass is 270 g/mol. The summed E-state index contributed by atoms with van der Waals surface area (Å²) < 4.78 is 17.3. The summed E-state index contributed by atoms with van der Waals surface area (Å²) in [7, 11) is -1.33. The van der Waals surface area contributed by atoms with E-state index in [1.807, 2.05) is 0 Å². The van der Waals surface area contributed by atoms with Gasteiger partial charge in [0.2, 0.25) is 0 Å². The van der Waals surface area contributed by atoms with Gasteiger partial charge in [-0.3, -0.25) is 4.21 Å². The summed E-state index contributed by atoms with van der Waals surface area (Å²) in [5.41, 5.74) is 0.101. The molecule has 0 amide bonds. The van der Waals surface area contributed by atoms with Crippen LogP contribution in [0.15, 0.2) is 29.2 Å². The number of hydrogen-bond donors (Lipinski definition) is 1. The molecule has 0 saturated carbocycles. The fraction of sp³-hybridized carbons (Fsp3) is 0.462. The molecular formula is C13H18O4S. The molecule has 0 aromatic heterocycles. The third-order valence-electron chi connectivity index (χ3n) is 2.42. The summed E-state index contributed by atoms with van der Waals surface area (Å²) in [5, 5.41) is 8.99. The Hall–Kier alpha value is -1.20. The molecule has 0 aliphatic rings. The van der Waals surface area contributed by atoms with E-state index >= 15 is 0 Å². The summed E-state index contributed by atoms with van der Waals surface area (Å²) in [4.78, 5) is 11.3. The average molecular weight is 270 g/mol. The number of aromatic carboxylic acids is 1. The number of benzene rings is 1. The second-order valence-electron chi connectivity index (χ2n) is 3.82. The van der Waals surface area contributed by atoms with Crippen molar-refractivity contribution >= 4 is 16.8 Å². The van der Waals surface area contributed by atoms with Gasteiger partial charge in [-0.25, -0.2) is 4.79 Å². The lowest BCUT2D eigenvalue weighted by Crippen LogP contribution is -2.11. The number of carboxylic acid groups (broad SMARTS) is 1. The number of carboxylic acids is 1. The van der Waals surface area contributed by atoms with Crippen molar-refractivity contribution in [1.82, 2.24) is 0 Å². The van der Waals surface area contributed by atoms with Gasteiger partial charge < -0.3 is 9.84 Å². The molecule has 0 aliphatic heterocycles. The second kappa shape index (κ2) is 8.00. The highest BCUT2D eigenvalue weighted by Crippen LogP contribution is 2.13. The first kappa shape index (κ1) is 14.9. The Kier molecular flexibility index (Phi) is 6.60. The number of unbranched alkanes of at least 4 members (excludes halogenated alkanes) is 1. The van der Waals surface area contributed by atoms with Gasteiger partial charge in [0.05, 0.1) is 33.6 Å². The molecule has 5 heteroatoms. The molecule has 0 aliphatic carbocycles. The maximum Gasteiger partial charge on any atom is 0.336 e. The molecule has 0 heterocycles. The van der Waals surface area contributed by atoms with Crippen LogP contribution in [-0.2, 0) is 15.5 Å². The Morgan fingerprint density at radius 1 is 1.33 bits per heavy atom. The van der Waals surface area contributed by atoms with Gasteiger partial charge in [-0.2, -0.15) is 0 Å². The minimum Gasteiger partial charge on any atom is -0.478 e. The number of rotatable bonds is 8. The van der Waals surface area contributed by atoms with Crippen LogP contribution in [0.2, 0.25) is 0 Å². The maximum absolute atomic E-state index is 12.0. The molecule has 0 radical (unpaired) electrons. The van der Waals surface area contributed by atoms with E-state index in [-0.39, 0.29) is 5.56 Å². The highest BCUT2D eigenvalue weighted by Gasteiger charge is 2.14. The Labute approximate surface area is 109 Å². The van der Waals surface area contributed by atoms with E-state index in [0.717, 1.165) is 12.8 Å². The Morgan fingerprint density at radius 2 is 2.06 bits per heavy atom. The highest BCUT2D eigenvalue weighted by atomic mass is 32.2. The van der Waals surface area contributed by atoms with Crippen molar-refractivity contribution in [3.63, 3.8) is 0 Å². The normalized spacial score (nSPS) is 12.3. The Balaban J connectivity index is 2.54. The quantitative estimate of drug-likeness (QED) is 0.736. The van der Waals surface area contributed by atoms with Crippen LogP contribution < -0.4 is 0 Å². The molecule has 1 atom stereocenters. The second-order valence-corrected chi connectivity index (χ2v) is 5.36. The molecule has 1 aromatic rings. The molecule has 1 aromatic carbocycles. The van der Waals surface area contributed by atoms with Gasteiger partial charge in [-0.1, -0.05) is 25.5 Å². The highest BCUT2D eigenvalue weighted by molar-refractivity contribution is 7.85. The minimum absolute atomic E-state index is 0.101. The molecule has 18 heavy (non-hydrogen) atoms. The predicted octanol–water partition coefficient (Wildman–Crippen LogP) is 2.31. The van der Waals surface area contributed by atoms with Crippen molar-refractivity contribution in [3.8, 4) is 0 Å². The summed E-state index contributed by atoms with van der Waals surface area (Å²) in [6.45, 7) is 3.12. The van der Waals surface area contributed by atoms with Crippen molar-refractivity contribution in [2.24, 2.45) is 0 Å². The molecule has 1 unspecified atom stereocenters. The molecular weight excluding hydrogens is 252 g/mol. The van der Waals surface area contributed by atoms with Gasteiger partial charge >= 0.3 is 5.97 Å². The minimum atomic E-state index is -1.33. The fourth-order valence-electron chi connectivity index (χ4n) is 1.43. The average Bonchev–Trinajstić information content (AvgIpc) is 2.38. The number of hydrogen-bond acceptors (Lipinski definition) is 3. The van der Waals surface area contributed by atoms with Crippen molar-refractivity contribution in [3.05, 3.63) is 29.8 Å². The van der Waals surface area contributed by atoms with E-state index < -0.39 is 16.8 Å². The van der Waals surface area contributed by atoms with E-state index in [1.165, 1.54) is 6.07 Å². The molecule has 0 bridgehead atoms. The maximum atomic E-state index is 12.0. The van der Waals surface area contributed by atoms with Crippen LogP contribution in [0.5, 0.6) is 0 Å². The van der Waals surface area contributed by atoms with Crippen LogP contribution in [0.1, 0.15) is 30.1 Å². The van der Waals surface area contributed by atoms with Crippen molar-refractivity contribution in [2.75, 3.05) is 19.0 Å². The lowest BCUT2D eigenvalue weighted by atomic mass is 10.2. The van der Waals surface area contributed by atoms with Crippen molar-refractivity contribution in [2.45, 2.75) is 24.7 Å². The zero-order valence-corrected chi connectivity index (χ0v) is 11.2. The zero-order valence-electron chi connectivity index (χ0n) is 10.4. The van der Waals surface area contributed by atoms with Crippen LogP contribution in [0.3, 0.4) is 0 Å². The van der Waals surface area contributed by atoms with Crippen molar-refractivity contribution in [1.29, 1.82) is 0 Å². The first-order valence-corrected chi connectivity index (χ1v) is 7.27.